The van der Waals surface area contributed by atoms with Gasteiger partial charge in [0.05, 0.1) is 4.88 Å². The van der Waals surface area contributed by atoms with Crippen LogP contribution in [0.15, 0.2) is 6.07 Å². The van der Waals surface area contributed by atoms with Gasteiger partial charge < -0.3 is 10.4 Å². The fourth-order valence-electron chi connectivity index (χ4n) is 2.47. The molecule has 110 valence electrons. The van der Waals surface area contributed by atoms with E-state index in [1.54, 1.807) is 11.3 Å². The molecule has 0 aliphatic heterocycles. The fraction of sp³-hybridized carbons (Fsp3) is 0.600. The summed E-state index contributed by atoms with van der Waals surface area (Å²) in [5.41, 5.74) is 1.35. The first-order valence-electron chi connectivity index (χ1n) is 7.28. The van der Waals surface area contributed by atoms with Gasteiger partial charge in [-0.3, -0.25) is 9.59 Å². The Hall–Kier alpha value is -1.36. The van der Waals surface area contributed by atoms with Gasteiger partial charge in [-0.05, 0) is 50.2 Å². The lowest BCUT2D eigenvalue weighted by atomic mass is 9.99. The zero-order chi connectivity index (χ0) is 14.4. The molecule has 0 saturated heterocycles. The zero-order valence-corrected chi connectivity index (χ0v) is 12.4. The number of aliphatic carboxylic acids is 1. The lowest BCUT2D eigenvalue weighted by molar-refractivity contribution is -0.137. The minimum atomic E-state index is -0.752. The number of thiophene rings is 1. The van der Waals surface area contributed by atoms with Crippen molar-refractivity contribution >= 4 is 23.2 Å². The van der Waals surface area contributed by atoms with Crippen molar-refractivity contribution < 1.29 is 14.7 Å². The molecule has 0 atom stereocenters. The monoisotopic (exact) mass is 295 g/mol. The molecular formula is C15H21NO3S. The molecule has 0 fully saturated rings. The van der Waals surface area contributed by atoms with E-state index < -0.39 is 5.97 Å². The van der Waals surface area contributed by atoms with E-state index in [2.05, 4.69) is 5.32 Å². The van der Waals surface area contributed by atoms with Gasteiger partial charge in [0.2, 0.25) is 0 Å². The highest BCUT2D eigenvalue weighted by atomic mass is 32.1. The molecule has 0 bridgehead atoms. The number of fused-ring (bicyclic) bond motifs is 1. The van der Waals surface area contributed by atoms with Crippen molar-refractivity contribution in [3.05, 3.63) is 21.4 Å². The van der Waals surface area contributed by atoms with Crippen molar-refractivity contribution in [2.24, 2.45) is 0 Å². The quantitative estimate of drug-likeness (QED) is 0.760. The van der Waals surface area contributed by atoms with Crippen LogP contribution in [0, 0.1) is 0 Å². The Labute approximate surface area is 123 Å². The Morgan fingerprint density at radius 1 is 1.20 bits per heavy atom. The Balaban J connectivity index is 1.69. The van der Waals surface area contributed by atoms with Crippen LogP contribution in [0.1, 0.15) is 58.6 Å². The molecule has 0 unspecified atom stereocenters. The van der Waals surface area contributed by atoms with E-state index >= 15 is 0 Å². The van der Waals surface area contributed by atoms with Crippen LogP contribution in [-0.2, 0) is 17.6 Å². The predicted molar refractivity (Wildman–Crippen MR) is 79.4 cm³/mol. The third kappa shape index (κ3) is 4.34. The smallest absolute Gasteiger partial charge is 0.303 e. The molecule has 1 aliphatic rings. The molecule has 5 heteroatoms. The maximum absolute atomic E-state index is 12.0. The summed E-state index contributed by atoms with van der Waals surface area (Å²) in [5, 5.41) is 11.4. The number of carboxylic acid groups (broad SMARTS) is 1. The van der Waals surface area contributed by atoms with Crippen LogP contribution >= 0.6 is 11.3 Å². The lowest BCUT2D eigenvalue weighted by Gasteiger charge is -2.08. The van der Waals surface area contributed by atoms with Crippen LogP contribution in [0.25, 0.3) is 0 Å². The molecule has 4 nitrogen and oxygen atoms in total. The molecule has 2 rings (SSSR count). The first-order chi connectivity index (χ1) is 9.66. The lowest BCUT2D eigenvalue weighted by Crippen LogP contribution is -2.23. The van der Waals surface area contributed by atoms with Crippen LogP contribution in [0.5, 0.6) is 0 Å². The van der Waals surface area contributed by atoms with Gasteiger partial charge >= 0.3 is 5.97 Å². The molecule has 1 aliphatic carbocycles. The zero-order valence-electron chi connectivity index (χ0n) is 11.6. The standard InChI is InChI=1S/C15H21NO3S/c17-14(18)8-2-1-5-9-16-15(19)13-10-11-6-3-4-7-12(11)20-13/h10H,1-9H2,(H,16,19)(H,17,18). The van der Waals surface area contributed by atoms with Crippen molar-refractivity contribution in [3.8, 4) is 0 Å². The summed E-state index contributed by atoms with van der Waals surface area (Å²) in [6.07, 6.45) is 7.25. The minimum absolute atomic E-state index is 0.0163. The number of nitrogens with one attached hydrogen (secondary N) is 1. The largest absolute Gasteiger partial charge is 0.481 e. The minimum Gasteiger partial charge on any atom is -0.481 e. The van der Waals surface area contributed by atoms with Gasteiger partial charge in [0.15, 0.2) is 0 Å². The highest BCUT2D eigenvalue weighted by Gasteiger charge is 2.16. The maximum Gasteiger partial charge on any atom is 0.303 e. The van der Waals surface area contributed by atoms with E-state index in [4.69, 9.17) is 5.11 Å². The second-order valence-corrected chi connectivity index (χ2v) is 6.36. The first kappa shape index (κ1) is 15.0. The number of hydrogen-bond donors (Lipinski definition) is 2. The van der Waals surface area contributed by atoms with Crippen LogP contribution in [0.3, 0.4) is 0 Å². The molecule has 0 aromatic carbocycles. The van der Waals surface area contributed by atoms with Crippen LogP contribution in [0.4, 0.5) is 0 Å². The summed E-state index contributed by atoms with van der Waals surface area (Å²) in [4.78, 5) is 24.6. The van der Waals surface area contributed by atoms with Crippen LogP contribution < -0.4 is 5.32 Å². The summed E-state index contributed by atoms with van der Waals surface area (Å²) in [6, 6.07) is 2.04. The SMILES string of the molecule is O=C(O)CCCCCNC(=O)c1cc2c(s1)CCCC2. The van der Waals surface area contributed by atoms with Crippen molar-refractivity contribution in [2.45, 2.75) is 51.4 Å². The van der Waals surface area contributed by atoms with Gasteiger partial charge in [-0.1, -0.05) is 6.42 Å². The second-order valence-electron chi connectivity index (χ2n) is 5.23. The Morgan fingerprint density at radius 2 is 2.00 bits per heavy atom. The predicted octanol–water partition coefficient (Wildman–Crippen LogP) is 3.00. The molecule has 1 heterocycles. The number of rotatable bonds is 7. The molecule has 20 heavy (non-hydrogen) atoms. The van der Waals surface area contributed by atoms with Gasteiger partial charge in [-0.25, -0.2) is 0 Å². The molecule has 0 saturated carbocycles. The summed E-state index contributed by atoms with van der Waals surface area (Å²) in [6.45, 7) is 0.626. The molecule has 2 N–H and O–H groups in total. The number of unbranched alkanes of at least 4 members (excludes halogenated alkanes) is 2. The van der Waals surface area contributed by atoms with Crippen LogP contribution in [0.2, 0.25) is 0 Å². The summed E-state index contributed by atoms with van der Waals surface area (Å²) >= 11 is 1.63. The average Bonchev–Trinajstić information content (AvgIpc) is 2.86. The average molecular weight is 295 g/mol. The second kappa shape index (κ2) is 7.43. The summed E-state index contributed by atoms with van der Waals surface area (Å²) < 4.78 is 0. The van der Waals surface area contributed by atoms with E-state index in [0.29, 0.717) is 13.0 Å². The normalized spacial score (nSPS) is 13.8. The molecule has 0 spiro atoms. The van der Waals surface area contributed by atoms with E-state index in [1.807, 2.05) is 6.07 Å². The fourth-order valence-corrected chi connectivity index (χ4v) is 3.64. The Morgan fingerprint density at radius 3 is 2.75 bits per heavy atom. The van der Waals surface area contributed by atoms with Crippen LogP contribution in [-0.4, -0.2) is 23.5 Å². The van der Waals surface area contributed by atoms with Gasteiger partial charge in [-0.15, -0.1) is 11.3 Å². The van der Waals surface area contributed by atoms with Crippen molar-refractivity contribution in [1.29, 1.82) is 0 Å². The highest BCUT2D eigenvalue weighted by Crippen LogP contribution is 2.29. The van der Waals surface area contributed by atoms with E-state index in [0.717, 1.165) is 30.6 Å². The molecule has 1 aromatic heterocycles. The molecule has 0 radical (unpaired) electrons. The topological polar surface area (TPSA) is 66.4 Å². The Bertz CT molecular complexity index is 458. The van der Waals surface area contributed by atoms with Gasteiger partial charge in [0.1, 0.15) is 0 Å². The number of amides is 1. The van der Waals surface area contributed by atoms with Gasteiger partial charge in [0.25, 0.3) is 5.91 Å². The number of carbonyl (C=O) groups is 2. The van der Waals surface area contributed by atoms with E-state index in [-0.39, 0.29) is 12.3 Å². The number of carboxylic acids is 1. The van der Waals surface area contributed by atoms with Crippen molar-refractivity contribution in [2.75, 3.05) is 6.54 Å². The van der Waals surface area contributed by atoms with E-state index in [9.17, 15) is 9.59 Å². The van der Waals surface area contributed by atoms with Crippen molar-refractivity contribution in [1.82, 2.24) is 5.32 Å². The Kier molecular flexibility index (Phi) is 5.59. The molecule has 1 aromatic rings. The van der Waals surface area contributed by atoms with Crippen molar-refractivity contribution in [3.63, 3.8) is 0 Å². The van der Waals surface area contributed by atoms with Gasteiger partial charge in [-0.2, -0.15) is 0 Å². The highest BCUT2D eigenvalue weighted by molar-refractivity contribution is 7.14. The summed E-state index contributed by atoms with van der Waals surface area (Å²) in [5.74, 6) is -0.735. The number of aryl methyl sites for hydroxylation is 2. The van der Waals surface area contributed by atoms with Gasteiger partial charge in [0, 0.05) is 17.8 Å². The molecule has 1 amide bonds. The third-order valence-electron chi connectivity index (χ3n) is 3.57. The third-order valence-corrected chi connectivity index (χ3v) is 4.81. The number of hydrogen-bond acceptors (Lipinski definition) is 3. The summed E-state index contributed by atoms with van der Waals surface area (Å²) in [7, 11) is 0. The first-order valence-corrected chi connectivity index (χ1v) is 8.10. The maximum atomic E-state index is 12.0. The molecular weight excluding hydrogens is 274 g/mol. The van der Waals surface area contributed by atoms with E-state index in [1.165, 1.54) is 23.3 Å². The number of carbonyl (C=O) groups excluding carboxylic acids is 1.